The van der Waals surface area contributed by atoms with Gasteiger partial charge in [0.05, 0.1) is 11.8 Å². The normalized spacial score (nSPS) is 20.9. The number of amides is 1. The summed E-state index contributed by atoms with van der Waals surface area (Å²) < 4.78 is 5.21. The number of aryl methyl sites for hydroxylation is 2. The fraction of sp³-hybridized carbons (Fsp3) is 0.471. The van der Waals surface area contributed by atoms with Crippen LogP contribution >= 0.6 is 0 Å². The van der Waals surface area contributed by atoms with Crippen molar-refractivity contribution in [2.45, 2.75) is 32.3 Å². The van der Waals surface area contributed by atoms with E-state index in [0.717, 1.165) is 17.0 Å². The Morgan fingerprint density at radius 1 is 1.39 bits per heavy atom. The van der Waals surface area contributed by atoms with E-state index in [1.54, 1.807) is 17.3 Å². The standard InChI is InChI=1S/C17H21N3O3/c1-12-8-15(23-19-12)9-14-10-20(11-16(14)21)17(22)3-2-13-4-6-18-7-5-13/h4-8,14,16,21H,2-3,9-11H2,1H3/t14-,16-/m1/s1. The van der Waals surface area contributed by atoms with E-state index in [1.807, 2.05) is 25.1 Å². The minimum Gasteiger partial charge on any atom is -0.391 e. The molecule has 1 aliphatic heterocycles. The number of hydrogen-bond donors (Lipinski definition) is 1. The first kappa shape index (κ1) is 15.7. The summed E-state index contributed by atoms with van der Waals surface area (Å²) in [6.07, 6.45) is 4.70. The Bertz CT molecular complexity index is 656. The molecule has 0 unspecified atom stereocenters. The molecule has 122 valence electrons. The number of nitrogens with zero attached hydrogens (tertiary/aromatic N) is 3. The van der Waals surface area contributed by atoms with Crippen molar-refractivity contribution in [2.24, 2.45) is 5.92 Å². The van der Waals surface area contributed by atoms with Crippen molar-refractivity contribution < 1.29 is 14.4 Å². The average molecular weight is 315 g/mol. The lowest BCUT2D eigenvalue weighted by molar-refractivity contribution is -0.130. The number of hydrogen-bond acceptors (Lipinski definition) is 5. The molecule has 0 aromatic carbocycles. The maximum absolute atomic E-state index is 12.3. The predicted octanol–water partition coefficient (Wildman–Crippen LogP) is 1.37. The Labute approximate surface area is 135 Å². The summed E-state index contributed by atoms with van der Waals surface area (Å²) in [5.41, 5.74) is 1.93. The second-order valence-corrected chi connectivity index (χ2v) is 6.12. The molecule has 23 heavy (non-hydrogen) atoms. The topological polar surface area (TPSA) is 79.5 Å². The highest BCUT2D eigenvalue weighted by molar-refractivity contribution is 5.76. The molecule has 1 aliphatic rings. The van der Waals surface area contributed by atoms with Gasteiger partial charge in [0.15, 0.2) is 0 Å². The number of carbonyl (C=O) groups is 1. The fourth-order valence-corrected chi connectivity index (χ4v) is 2.99. The Morgan fingerprint density at radius 3 is 2.87 bits per heavy atom. The molecule has 6 nitrogen and oxygen atoms in total. The lowest BCUT2D eigenvalue weighted by atomic mass is 10.0. The first-order valence-corrected chi connectivity index (χ1v) is 7.89. The van der Waals surface area contributed by atoms with Gasteiger partial charge in [-0.1, -0.05) is 5.16 Å². The van der Waals surface area contributed by atoms with Crippen molar-refractivity contribution >= 4 is 5.91 Å². The molecule has 1 amide bonds. The molecule has 6 heteroatoms. The second kappa shape index (κ2) is 6.91. The van der Waals surface area contributed by atoms with Gasteiger partial charge < -0.3 is 14.5 Å². The zero-order valence-electron chi connectivity index (χ0n) is 13.2. The quantitative estimate of drug-likeness (QED) is 0.901. The Hall–Kier alpha value is -2.21. The van der Waals surface area contributed by atoms with Gasteiger partial charge in [-0.3, -0.25) is 9.78 Å². The third-order valence-electron chi connectivity index (χ3n) is 4.28. The highest BCUT2D eigenvalue weighted by Gasteiger charge is 2.34. The molecule has 2 aromatic rings. The van der Waals surface area contributed by atoms with Gasteiger partial charge in [-0.05, 0) is 31.0 Å². The summed E-state index contributed by atoms with van der Waals surface area (Å²) in [5, 5.41) is 14.1. The molecule has 3 rings (SSSR count). The fourth-order valence-electron chi connectivity index (χ4n) is 2.99. The molecule has 3 heterocycles. The first-order valence-electron chi connectivity index (χ1n) is 7.89. The van der Waals surface area contributed by atoms with Crippen LogP contribution in [0.15, 0.2) is 35.1 Å². The van der Waals surface area contributed by atoms with Crippen molar-refractivity contribution in [3.05, 3.63) is 47.6 Å². The van der Waals surface area contributed by atoms with E-state index in [4.69, 9.17) is 4.52 Å². The molecule has 2 atom stereocenters. The summed E-state index contributed by atoms with van der Waals surface area (Å²) in [7, 11) is 0. The molecule has 1 N–H and O–H groups in total. The van der Waals surface area contributed by atoms with Crippen molar-refractivity contribution in [3.8, 4) is 0 Å². The monoisotopic (exact) mass is 315 g/mol. The van der Waals surface area contributed by atoms with Crippen molar-refractivity contribution in [1.29, 1.82) is 0 Å². The molecule has 0 spiro atoms. The van der Waals surface area contributed by atoms with Gasteiger partial charge in [0, 0.05) is 50.3 Å². The summed E-state index contributed by atoms with van der Waals surface area (Å²) in [6.45, 7) is 2.83. The number of rotatable bonds is 5. The molecular weight excluding hydrogens is 294 g/mol. The van der Waals surface area contributed by atoms with E-state index in [2.05, 4.69) is 10.1 Å². The maximum Gasteiger partial charge on any atom is 0.223 e. The van der Waals surface area contributed by atoms with Gasteiger partial charge >= 0.3 is 0 Å². The number of aromatic nitrogens is 2. The average Bonchev–Trinajstić information content (AvgIpc) is 3.13. The maximum atomic E-state index is 12.3. The lowest BCUT2D eigenvalue weighted by Gasteiger charge is -2.15. The van der Waals surface area contributed by atoms with Crippen LogP contribution < -0.4 is 0 Å². The van der Waals surface area contributed by atoms with Gasteiger partial charge in [0.1, 0.15) is 5.76 Å². The van der Waals surface area contributed by atoms with E-state index >= 15 is 0 Å². The number of pyridine rings is 1. The highest BCUT2D eigenvalue weighted by Crippen LogP contribution is 2.22. The van der Waals surface area contributed by atoms with E-state index in [9.17, 15) is 9.90 Å². The summed E-state index contributed by atoms with van der Waals surface area (Å²) in [5.74, 6) is 0.849. The molecule has 1 saturated heterocycles. The third-order valence-corrected chi connectivity index (χ3v) is 4.28. The van der Waals surface area contributed by atoms with E-state index in [-0.39, 0.29) is 11.8 Å². The van der Waals surface area contributed by atoms with Crippen LogP contribution in [0.1, 0.15) is 23.4 Å². The predicted molar refractivity (Wildman–Crippen MR) is 83.6 cm³/mol. The van der Waals surface area contributed by atoms with Crippen molar-refractivity contribution in [3.63, 3.8) is 0 Å². The molecule has 0 aliphatic carbocycles. The number of likely N-dealkylation sites (tertiary alicyclic amines) is 1. The van der Waals surface area contributed by atoms with Gasteiger partial charge in [-0.15, -0.1) is 0 Å². The van der Waals surface area contributed by atoms with Crippen LogP contribution in [0.2, 0.25) is 0 Å². The van der Waals surface area contributed by atoms with Crippen LogP contribution in [0, 0.1) is 12.8 Å². The van der Waals surface area contributed by atoms with Crippen molar-refractivity contribution in [2.75, 3.05) is 13.1 Å². The molecule has 1 fully saturated rings. The van der Waals surface area contributed by atoms with E-state index < -0.39 is 6.10 Å². The van der Waals surface area contributed by atoms with Gasteiger partial charge in [0.2, 0.25) is 5.91 Å². The summed E-state index contributed by atoms with van der Waals surface area (Å²) in [6, 6.07) is 5.71. The van der Waals surface area contributed by atoms with Crippen LogP contribution in [0.3, 0.4) is 0 Å². The van der Waals surface area contributed by atoms with Crippen LogP contribution in [0.25, 0.3) is 0 Å². The third kappa shape index (κ3) is 3.96. The van der Waals surface area contributed by atoms with E-state index in [1.165, 1.54) is 0 Å². The minimum atomic E-state index is -0.509. The Balaban J connectivity index is 1.52. The van der Waals surface area contributed by atoms with Gasteiger partial charge in [-0.25, -0.2) is 0 Å². The molecule has 0 saturated carbocycles. The van der Waals surface area contributed by atoms with Crippen molar-refractivity contribution in [1.82, 2.24) is 15.0 Å². The zero-order valence-corrected chi connectivity index (χ0v) is 13.2. The number of β-amino-alcohol motifs (C(OH)–C–C–N with tert-alkyl or cyclic N) is 1. The SMILES string of the molecule is Cc1cc(C[C@@H]2CN(C(=O)CCc3ccncc3)C[C@H]2O)on1. The number of carbonyl (C=O) groups excluding carboxylic acids is 1. The summed E-state index contributed by atoms with van der Waals surface area (Å²) in [4.78, 5) is 18.0. The molecule has 0 bridgehead atoms. The summed E-state index contributed by atoms with van der Waals surface area (Å²) >= 11 is 0. The molecular formula is C17H21N3O3. The highest BCUT2D eigenvalue weighted by atomic mass is 16.5. The van der Waals surface area contributed by atoms with Gasteiger partial charge in [0.25, 0.3) is 0 Å². The van der Waals surface area contributed by atoms with Crippen LogP contribution in [0.4, 0.5) is 0 Å². The molecule has 2 aromatic heterocycles. The Morgan fingerprint density at radius 2 is 2.17 bits per heavy atom. The lowest BCUT2D eigenvalue weighted by Crippen LogP contribution is -2.29. The van der Waals surface area contributed by atoms with E-state index in [0.29, 0.717) is 32.4 Å². The number of aliphatic hydroxyl groups is 1. The Kier molecular flexibility index (Phi) is 4.71. The first-order chi connectivity index (χ1) is 11.1. The van der Waals surface area contributed by atoms with Gasteiger partial charge in [-0.2, -0.15) is 0 Å². The largest absolute Gasteiger partial charge is 0.391 e. The number of aliphatic hydroxyl groups excluding tert-OH is 1. The van der Waals surface area contributed by atoms with Crippen LogP contribution in [0.5, 0.6) is 0 Å². The zero-order chi connectivity index (χ0) is 16.2. The van der Waals surface area contributed by atoms with Crippen LogP contribution in [-0.4, -0.2) is 45.2 Å². The smallest absolute Gasteiger partial charge is 0.223 e. The molecule has 0 radical (unpaired) electrons. The second-order valence-electron chi connectivity index (χ2n) is 6.12. The minimum absolute atomic E-state index is 0.00669. The van der Waals surface area contributed by atoms with Crippen LogP contribution in [-0.2, 0) is 17.6 Å².